The summed E-state index contributed by atoms with van der Waals surface area (Å²) in [5.74, 6) is 2.13. The third-order valence-corrected chi connectivity index (χ3v) is 3.96. The highest BCUT2D eigenvalue weighted by molar-refractivity contribution is 7.99. The Labute approximate surface area is 99.4 Å². The smallest absolute Gasteiger partial charge is 0.191 e. The zero-order chi connectivity index (χ0) is 11.5. The summed E-state index contributed by atoms with van der Waals surface area (Å²) in [4.78, 5) is 0. The summed E-state index contributed by atoms with van der Waals surface area (Å²) in [6.07, 6.45) is 2.88. The van der Waals surface area contributed by atoms with Gasteiger partial charge >= 0.3 is 0 Å². The second-order valence-electron chi connectivity index (χ2n) is 4.21. The van der Waals surface area contributed by atoms with Gasteiger partial charge in [-0.2, -0.15) is 0 Å². The van der Waals surface area contributed by atoms with Crippen LogP contribution in [0.3, 0.4) is 0 Å². The quantitative estimate of drug-likeness (QED) is 0.696. The highest BCUT2D eigenvalue weighted by Gasteiger charge is 2.29. The molecule has 1 heterocycles. The van der Waals surface area contributed by atoms with Gasteiger partial charge in [-0.1, -0.05) is 11.8 Å². The molecule has 90 valence electrons. The van der Waals surface area contributed by atoms with E-state index in [1.807, 2.05) is 11.6 Å². The second-order valence-corrected chi connectivity index (χ2v) is 5.20. The molecule has 1 aliphatic carbocycles. The number of thioether (sulfide) groups is 1. The molecule has 1 atom stereocenters. The zero-order valence-electron chi connectivity index (χ0n) is 9.46. The first-order valence-corrected chi connectivity index (χ1v) is 6.60. The lowest BCUT2D eigenvalue weighted by Gasteiger charge is -2.07. The molecule has 0 aromatic carbocycles. The zero-order valence-corrected chi connectivity index (χ0v) is 10.3. The van der Waals surface area contributed by atoms with Crippen LogP contribution in [0.15, 0.2) is 5.16 Å². The molecule has 1 fully saturated rings. The maximum atomic E-state index is 9.75. The van der Waals surface area contributed by atoms with Gasteiger partial charge in [0.15, 0.2) is 5.16 Å². The number of hydrogen-bond donors (Lipinski definition) is 2. The molecule has 16 heavy (non-hydrogen) atoms. The average Bonchev–Trinajstić information content (AvgIpc) is 3.05. The highest BCUT2D eigenvalue weighted by Crippen LogP contribution is 2.34. The van der Waals surface area contributed by atoms with Crippen molar-refractivity contribution in [1.82, 2.24) is 14.8 Å². The Balaban J connectivity index is 1.88. The van der Waals surface area contributed by atoms with Gasteiger partial charge < -0.3 is 15.4 Å². The normalized spacial score (nSPS) is 17.7. The summed E-state index contributed by atoms with van der Waals surface area (Å²) in [5.41, 5.74) is 5.48. The van der Waals surface area contributed by atoms with E-state index in [1.54, 1.807) is 11.8 Å². The highest BCUT2D eigenvalue weighted by atomic mass is 32.2. The summed E-state index contributed by atoms with van der Waals surface area (Å²) in [7, 11) is 1.94. The van der Waals surface area contributed by atoms with Crippen molar-refractivity contribution in [3.8, 4) is 0 Å². The number of aromatic nitrogens is 3. The molecular weight excluding hydrogens is 224 g/mol. The minimum Gasteiger partial charge on any atom is -0.392 e. The lowest BCUT2D eigenvalue weighted by molar-refractivity contribution is 0.176. The summed E-state index contributed by atoms with van der Waals surface area (Å²) in [5, 5.41) is 18.8. The molecule has 6 heteroatoms. The predicted octanol–water partition coefficient (Wildman–Crippen LogP) is 0.179. The molecule has 1 unspecified atom stereocenters. The lowest BCUT2D eigenvalue weighted by Crippen LogP contribution is -2.13. The third kappa shape index (κ3) is 2.75. The molecule has 1 aliphatic rings. The Bertz CT molecular complexity index is 351. The van der Waals surface area contributed by atoms with Crippen LogP contribution in [-0.2, 0) is 13.5 Å². The number of rotatable bonds is 6. The van der Waals surface area contributed by atoms with Crippen molar-refractivity contribution in [2.45, 2.75) is 30.5 Å². The molecular formula is C10H18N4OS. The molecule has 1 aromatic heterocycles. The topological polar surface area (TPSA) is 77.0 Å². The van der Waals surface area contributed by atoms with E-state index in [0.29, 0.717) is 18.2 Å². The predicted molar refractivity (Wildman–Crippen MR) is 63.2 cm³/mol. The molecule has 3 N–H and O–H groups in total. The van der Waals surface area contributed by atoms with Crippen molar-refractivity contribution in [3.63, 3.8) is 0 Å². The fraction of sp³-hybridized carbons (Fsp3) is 0.800. The molecule has 0 amide bonds. The number of aliphatic hydroxyl groups excluding tert-OH is 1. The largest absolute Gasteiger partial charge is 0.392 e. The van der Waals surface area contributed by atoms with E-state index < -0.39 is 0 Å². The first kappa shape index (κ1) is 11.9. The number of aliphatic hydroxyl groups is 1. The Morgan fingerprint density at radius 3 is 2.94 bits per heavy atom. The van der Waals surface area contributed by atoms with Crippen LogP contribution in [0.5, 0.6) is 0 Å². The van der Waals surface area contributed by atoms with Crippen LogP contribution in [-0.4, -0.2) is 38.3 Å². The molecule has 0 spiro atoms. The summed E-state index contributed by atoms with van der Waals surface area (Å²) in [6, 6.07) is 0. The molecule has 5 nitrogen and oxygen atoms in total. The summed E-state index contributed by atoms with van der Waals surface area (Å²) in [6.45, 7) is 0.585. The molecule has 0 bridgehead atoms. The Morgan fingerprint density at radius 1 is 1.56 bits per heavy atom. The molecule has 2 rings (SSSR count). The Hall–Kier alpha value is -0.590. The van der Waals surface area contributed by atoms with Crippen molar-refractivity contribution in [3.05, 3.63) is 5.82 Å². The summed E-state index contributed by atoms with van der Waals surface area (Å²) < 4.78 is 1.96. The Kier molecular flexibility index (Phi) is 3.83. The van der Waals surface area contributed by atoms with Crippen molar-refractivity contribution >= 4 is 11.8 Å². The average molecular weight is 242 g/mol. The number of nitrogens with zero attached hydrogens (tertiary/aromatic N) is 3. The second kappa shape index (κ2) is 5.16. The van der Waals surface area contributed by atoms with Crippen molar-refractivity contribution in [2.75, 3.05) is 12.3 Å². The standard InChI is InChI=1S/C10H18N4OS/c1-14-9(4-5-11)12-13-10(14)16-6-8(15)7-2-3-7/h7-8,15H,2-6,11H2,1H3. The SMILES string of the molecule is Cn1c(CCN)nnc1SCC(O)C1CC1. The first-order valence-electron chi connectivity index (χ1n) is 5.61. The maximum Gasteiger partial charge on any atom is 0.191 e. The van der Waals surface area contributed by atoms with Crippen LogP contribution < -0.4 is 5.73 Å². The molecule has 0 saturated heterocycles. The van der Waals surface area contributed by atoms with E-state index in [-0.39, 0.29) is 6.10 Å². The van der Waals surface area contributed by atoms with Gasteiger partial charge in [-0.15, -0.1) is 10.2 Å². The van der Waals surface area contributed by atoms with E-state index in [4.69, 9.17) is 5.73 Å². The molecule has 0 radical (unpaired) electrons. The van der Waals surface area contributed by atoms with Crippen LogP contribution in [0.1, 0.15) is 18.7 Å². The fourth-order valence-corrected chi connectivity index (χ4v) is 2.58. The molecule has 1 aromatic rings. The van der Waals surface area contributed by atoms with Gasteiger partial charge in [0, 0.05) is 19.2 Å². The minimum absolute atomic E-state index is 0.195. The van der Waals surface area contributed by atoms with Crippen LogP contribution >= 0.6 is 11.8 Å². The lowest BCUT2D eigenvalue weighted by atomic mass is 10.3. The maximum absolute atomic E-state index is 9.75. The first-order chi connectivity index (χ1) is 7.72. The summed E-state index contributed by atoms with van der Waals surface area (Å²) >= 11 is 1.57. The fourth-order valence-electron chi connectivity index (χ4n) is 1.59. The van der Waals surface area contributed by atoms with E-state index >= 15 is 0 Å². The molecule has 1 saturated carbocycles. The minimum atomic E-state index is -0.195. The van der Waals surface area contributed by atoms with Crippen molar-refractivity contribution in [2.24, 2.45) is 18.7 Å². The van der Waals surface area contributed by atoms with Gasteiger partial charge in [0.2, 0.25) is 0 Å². The van der Waals surface area contributed by atoms with Gasteiger partial charge in [-0.3, -0.25) is 0 Å². The Morgan fingerprint density at radius 2 is 2.31 bits per heavy atom. The van der Waals surface area contributed by atoms with E-state index in [2.05, 4.69) is 10.2 Å². The van der Waals surface area contributed by atoms with Crippen molar-refractivity contribution < 1.29 is 5.11 Å². The van der Waals surface area contributed by atoms with E-state index in [9.17, 15) is 5.11 Å². The molecule has 0 aliphatic heterocycles. The van der Waals surface area contributed by atoms with Gasteiger partial charge in [0.1, 0.15) is 5.82 Å². The van der Waals surface area contributed by atoms with Crippen LogP contribution in [0, 0.1) is 5.92 Å². The van der Waals surface area contributed by atoms with Crippen molar-refractivity contribution in [1.29, 1.82) is 0 Å². The van der Waals surface area contributed by atoms with Crippen LogP contribution in [0.2, 0.25) is 0 Å². The van der Waals surface area contributed by atoms with E-state index in [0.717, 1.165) is 17.4 Å². The van der Waals surface area contributed by atoms with E-state index in [1.165, 1.54) is 12.8 Å². The number of nitrogens with two attached hydrogens (primary N) is 1. The van der Waals surface area contributed by atoms with Crippen LogP contribution in [0.25, 0.3) is 0 Å². The monoisotopic (exact) mass is 242 g/mol. The van der Waals surface area contributed by atoms with Gasteiger partial charge in [-0.25, -0.2) is 0 Å². The van der Waals surface area contributed by atoms with Gasteiger partial charge in [0.05, 0.1) is 6.10 Å². The van der Waals surface area contributed by atoms with Gasteiger partial charge in [0.25, 0.3) is 0 Å². The van der Waals surface area contributed by atoms with Crippen LogP contribution in [0.4, 0.5) is 0 Å². The third-order valence-electron chi connectivity index (χ3n) is 2.84. The van der Waals surface area contributed by atoms with Gasteiger partial charge in [-0.05, 0) is 25.3 Å². The number of hydrogen-bond acceptors (Lipinski definition) is 5.